The lowest BCUT2D eigenvalue weighted by atomic mass is 10.0. The van der Waals surface area contributed by atoms with Crippen molar-refractivity contribution in [1.82, 2.24) is 4.98 Å². The van der Waals surface area contributed by atoms with E-state index in [2.05, 4.69) is 14.2 Å². The SMILES string of the molecule is O=c1[nH]c2cc(Cl)c(-c3ccc(C(F)(F)F)cc3)cc2cc1P. The summed E-state index contributed by atoms with van der Waals surface area (Å²) >= 11 is 6.21. The van der Waals surface area contributed by atoms with Gasteiger partial charge in [-0.25, -0.2) is 0 Å². The lowest BCUT2D eigenvalue weighted by molar-refractivity contribution is -0.137. The highest BCUT2D eigenvalue weighted by atomic mass is 35.5. The Bertz CT molecular complexity index is 948. The molecule has 0 spiro atoms. The van der Waals surface area contributed by atoms with Crippen molar-refractivity contribution in [2.75, 3.05) is 0 Å². The highest BCUT2D eigenvalue weighted by molar-refractivity contribution is 7.27. The van der Waals surface area contributed by atoms with Crippen LogP contribution in [0.1, 0.15) is 5.56 Å². The van der Waals surface area contributed by atoms with Crippen molar-refractivity contribution in [2.24, 2.45) is 0 Å². The predicted molar refractivity (Wildman–Crippen MR) is 89.4 cm³/mol. The molecule has 1 N–H and O–H groups in total. The Labute approximate surface area is 136 Å². The van der Waals surface area contributed by atoms with Gasteiger partial charge in [-0.15, -0.1) is 0 Å². The van der Waals surface area contributed by atoms with Crippen molar-refractivity contribution >= 4 is 37.0 Å². The molecule has 2 aromatic carbocycles. The van der Waals surface area contributed by atoms with Crippen molar-refractivity contribution in [2.45, 2.75) is 6.18 Å². The van der Waals surface area contributed by atoms with Gasteiger partial charge in [-0.1, -0.05) is 33.0 Å². The number of rotatable bonds is 1. The second kappa shape index (κ2) is 5.66. The summed E-state index contributed by atoms with van der Waals surface area (Å²) in [6.07, 6.45) is -4.38. The topological polar surface area (TPSA) is 32.9 Å². The molecule has 0 aliphatic heterocycles. The Hall–Kier alpha value is -1.84. The van der Waals surface area contributed by atoms with Crippen LogP contribution in [0.2, 0.25) is 5.02 Å². The summed E-state index contributed by atoms with van der Waals surface area (Å²) < 4.78 is 37.9. The van der Waals surface area contributed by atoms with E-state index in [4.69, 9.17) is 11.6 Å². The zero-order valence-electron chi connectivity index (χ0n) is 11.5. The van der Waals surface area contributed by atoms with Gasteiger partial charge in [0.1, 0.15) is 0 Å². The standard InChI is InChI=1S/C16H10ClF3NOP/c17-12-7-13-9(6-14(23)15(22)21-13)5-11(12)8-1-3-10(4-2-8)16(18,19)20/h1-7H,23H2,(H,21,22). The zero-order chi connectivity index (χ0) is 16.8. The number of fused-ring (bicyclic) bond motifs is 1. The van der Waals surface area contributed by atoms with Crippen molar-refractivity contribution in [1.29, 1.82) is 0 Å². The number of aromatic nitrogens is 1. The number of pyridine rings is 1. The maximum Gasteiger partial charge on any atom is 0.416 e. The summed E-state index contributed by atoms with van der Waals surface area (Å²) in [5, 5.41) is 1.57. The number of hydrogen-bond donors (Lipinski definition) is 1. The molecule has 0 bridgehead atoms. The third-order valence-corrected chi connectivity index (χ3v) is 4.23. The van der Waals surface area contributed by atoms with Crippen LogP contribution in [0.25, 0.3) is 22.0 Å². The third-order valence-electron chi connectivity index (χ3n) is 3.48. The number of halogens is 4. The number of H-pyrrole nitrogens is 1. The number of hydrogen-bond acceptors (Lipinski definition) is 1. The number of nitrogens with one attached hydrogen (secondary N) is 1. The lowest BCUT2D eigenvalue weighted by Gasteiger charge is -2.10. The summed E-state index contributed by atoms with van der Waals surface area (Å²) in [6, 6.07) is 9.81. The van der Waals surface area contributed by atoms with E-state index >= 15 is 0 Å². The van der Waals surface area contributed by atoms with Gasteiger partial charge in [-0.3, -0.25) is 4.79 Å². The Balaban J connectivity index is 2.14. The van der Waals surface area contributed by atoms with Gasteiger partial charge >= 0.3 is 6.18 Å². The van der Waals surface area contributed by atoms with Gasteiger partial charge in [0.2, 0.25) is 0 Å². The number of benzene rings is 2. The van der Waals surface area contributed by atoms with Crippen molar-refractivity contribution in [3.05, 3.63) is 63.4 Å². The van der Waals surface area contributed by atoms with Crippen LogP contribution in [0.4, 0.5) is 13.2 Å². The normalized spacial score (nSPS) is 11.9. The molecule has 0 amide bonds. The van der Waals surface area contributed by atoms with Crippen molar-refractivity contribution in [3.63, 3.8) is 0 Å². The van der Waals surface area contributed by atoms with Gasteiger partial charge in [0.25, 0.3) is 5.56 Å². The fourth-order valence-electron chi connectivity index (χ4n) is 2.31. The Morgan fingerprint density at radius 2 is 1.70 bits per heavy atom. The van der Waals surface area contributed by atoms with E-state index in [0.29, 0.717) is 27.0 Å². The lowest BCUT2D eigenvalue weighted by Crippen LogP contribution is -2.20. The number of alkyl halides is 3. The fraction of sp³-hybridized carbons (Fsp3) is 0.0625. The molecular weight excluding hydrogens is 346 g/mol. The van der Waals surface area contributed by atoms with Crippen LogP contribution in [0, 0.1) is 0 Å². The first-order chi connectivity index (χ1) is 10.8. The van der Waals surface area contributed by atoms with Crippen LogP contribution >= 0.6 is 20.8 Å². The van der Waals surface area contributed by atoms with Gasteiger partial charge < -0.3 is 4.98 Å². The first kappa shape index (κ1) is 16.0. The van der Waals surface area contributed by atoms with Gasteiger partial charge in [0.15, 0.2) is 0 Å². The second-order valence-corrected chi connectivity index (χ2v) is 6.08. The molecule has 0 radical (unpaired) electrons. The quantitative estimate of drug-likeness (QED) is 0.646. The fourth-order valence-corrected chi connectivity index (χ4v) is 2.83. The largest absolute Gasteiger partial charge is 0.416 e. The summed E-state index contributed by atoms with van der Waals surface area (Å²) in [6.45, 7) is 0. The van der Waals surface area contributed by atoms with E-state index in [1.54, 1.807) is 18.2 Å². The number of aromatic amines is 1. The molecule has 1 heterocycles. The van der Waals surface area contributed by atoms with E-state index in [1.165, 1.54) is 12.1 Å². The Morgan fingerprint density at radius 1 is 1.04 bits per heavy atom. The average Bonchev–Trinajstić information content (AvgIpc) is 2.48. The molecule has 3 aromatic rings. The van der Waals surface area contributed by atoms with E-state index < -0.39 is 11.7 Å². The van der Waals surface area contributed by atoms with Crippen LogP contribution in [0.5, 0.6) is 0 Å². The predicted octanol–water partition coefficient (Wildman–Crippen LogP) is 4.37. The van der Waals surface area contributed by atoms with Gasteiger partial charge in [0, 0.05) is 16.4 Å². The van der Waals surface area contributed by atoms with E-state index in [9.17, 15) is 18.0 Å². The molecule has 23 heavy (non-hydrogen) atoms. The first-order valence-electron chi connectivity index (χ1n) is 6.55. The van der Waals surface area contributed by atoms with Crippen molar-refractivity contribution in [3.8, 4) is 11.1 Å². The summed E-state index contributed by atoms with van der Waals surface area (Å²) in [5.74, 6) is 0. The van der Waals surface area contributed by atoms with Crippen LogP contribution in [0.15, 0.2) is 47.3 Å². The molecule has 0 saturated heterocycles. The Kier molecular flexibility index (Phi) is 3.95. The molecule has 0 saturated carbocycles. The molecule has 1 atom stereocenters. The molecule has 2 nitrogen and oxygen atoms in total. The second-order valence-electron chi connectivity index (χ2n) is 5.05. The molecule has 7 heteroatoms. The Morgan fingerprint density at radius 3 is 2.30 bits per heavy atom. The molecule has 118 valence electrons. The zero-order valence-corrected chi connectivity index (χ0v) is 13.4. The molecule has 1 unspecified atom stereocenters. The van der Waals surface area contributed by atoms with E-state index in [0.717, 1.165) is 17.5 Å². The first-order valence-corrected chi connectivity index (χ1v) is 7.51. The van der Waals surface area contributed by atoms with Crippen LogP contribution in [0.3, 0.4) is 0 Å². The maximum absolute atomic E-state index is 12.6. The highest BCUT2D eigenvalue weighted by Gasteiger charge is 2.30. The molecular formula is C16H10ClF3NOP. The van der Waals surface area contributed by atoms with Gasteiger partial charge in [-0.2, -0.15) is 13.2 Å². The third kappa shape index (κ3) is 3.12. The average molecular weight is 356 g/mol. The minimum atomic E-state index is -4.38. The van der Waals surface area contributed by atoms with Gasteiger partial charge in [-0.05, 0) is 41.3 Å². The molecule has 0 aliphatic carbocycles. The summed E-state index contributed by atoms with van der Waals surface area (Å²) in [7, 11) is 2.33. The smallest absolute Gasteiger partial charge is 0.321 e. The van der Waals surface area contributed by atoms with E-state index in [1.807, 2.05) is 0 Å². The monoisotopic (exact) mass is 355 g/mol. The minimum absolute atomic E-state index is 0.235. The molecule has 3 rings (SSSR count). The maximum atomic E-state index is 12.6. The van der Waals surface area contributed by atoms with Gasteiger partial charge in [0.05, 0.1) is 10.6 Å². The van der Waals surface area contributed by atoms with Crippen LogP contribution in [-0.4, -0.2) is 4.98 Å². The van der Waals surface area contributed by atoms with E-state index in [-0.39, 0.29) is 5.56 Å². The van der Waals surface area contributed by atoms with Crippen LogP contribution < -0.4 is 10.9 Å². The molecule has 1 aromatic heterocycles. The summed E-state index contributed by atoms with van der Waals surface area (Å²) in [5.41, 5.74) is 0.795. The summed E-state index contributed by atoms with van der Waals surface area (Å²) in [4.78, 5) is 14.3. The van der Waals surface area contributed by atoms with Crippen molar-refractivity contribution < 1.29 is 13.2 Å². The highest BCUT2D eigenvalue weighted by Crippen LogP contribution is 2.34. The molecule has 0 fully saturated rings. The molecule has 0 aliphatic rings. The van der Waals surface area contributed by atoms with Crippen LogP contribution in [-0.2, 0) is 6.18 Å². The minimum Gasteiger partial charge on any atom is -0.321 e.